The Morgan fingerprint density at radius 1 is 1.09 bits per heavy atom. The van der Waals surface area contributed by atoms with E-state index in [9.17, 15) is 5.11 Å². The summed E-state index contributed by atoms with van der Waals surface area (Å²) in [6.45, 7) is 4.67. The molecule has 0 aromatic heterocycles. The van der Waals surface area contributed by atoms with E-state index in [2.05, 4.69) is 42.0 Å². The Balaban J connectivity index is 1.93. The van der Waals surface area contributed by atoms with Crippen LogP contribution < -0.4 is 15.6 Å². The van der Waals surface area contributed by atoms with E-state index >= 15 is 0 Å². The van der Waals surface area contributed by atoms with Crippen molar-refractivity contribution in [2.24, 2.45) is 0 Å². The second kappa shape index (κ2) is 6.38. The lowest BCUT2D eigenvalue weighted by Crippen LogP contribution is -2.29. The molecule has 22 heavy (non-hydrogen) atoms. The fourth-order valence-corrected chi connectivity index (χ4v) is 3.16. The van der Waals surface area contributed by atoms with E-state index in [0.29, 0.717) is 12.4 Å². The quantitative estimate of drug-likeness (QED) is 0.812. The Morgan fingerprint density at radius 3 is 2.55 bits per heavy atom. The average molecular weight is 298 g/mol. The highest BCUT2D eigenvalue weighted by atomic mass is 16.5. The maximum atomic E-state index is 10.4. The van der Waals surface area contributed by atoms with Crippen LogP contribution in [0, 0.1) is 0 Å². The van der Waals surface area contributed by atoms with E-state index in [1.165, 1.54) is 5.56 Å². The van der Waals surface area contributed by atoms with Crippen LogP contribution in [0.15, 0.2) is 48.5 Å². The van der Waals surface area contributed by atoms with Crippen molar-refractivity contribution in [1.29, 1.82) is 0 Å². The van der Waals surface area contributed by atoms with Crippen molar-refractivity contribution in [3.05, 3.63) is 59.7 Å². The zero-order valence-corrected chi connectivity index (χ0v) is 12.9. The van der Waals surface area contributed by atoms with Gasteiger partial charge in [-0.15, -0.1) is 0 Å². The summed E-state index contributed by atoms with van der Waals surface area (Å²) in [5.74, 6) is 1.21. The van der Waals surface area contributed by atoms with Gasteiger partial charge in [-0.25, -0.2) is 5.43 Å². The Morgan fingerprint density at radius 2 is 1.86 bits per heavy atom. The van der Waals surface area contributed by atoms with Crippen molar-refractivity contribution in [2.45, 2.75) is 31.8 Å². The van der Waals surface area contributed by atoms with Gasteiger partial charge in [-0.1, -0.05) is 36.4 Å². The number of hydrogen-bond acceptors (Lipinski definition) is 4. The Hall–Kier alpha value is -2.04. The molecule has 3 N–H and O–H groups in total. The van der Waals surface area contributed by atoms with Crippen LogP contribution in [0.25, 0.3) is 0 Å². The smallest absolute Gasteiger partial charge is 0.124 e. The molecule has 3 atom stereocenters. The molecule has 1 aliphatic rings. The number of benzene rings is 2. The maximum absolute atomic E-state index is 10.4. The van der Waals surface area contributed by atoms with Crippen LogP contribution in [-0.4, -0.2) is 17.8 Å². The first-order valence-corrected chi connectivity index (χ1v) is 7.72. The fourth-order valence-electron chi connectivity index (χ4n) is 3.16. The Kier molecular flexibility index (Phi) is 4.32. The molecule has 0 bridgehead atoms. The van der Waals surface area contributed by atoms with Crippen molar-refractivity contribution >= 4 is 0 Å². The van der Waals surface area contributed by atoms with E-state index in [0.717, 1.165) is 5.56 Å². The molecule has 0 aliphatic carbocycles. The summed E-state index contributed by atoms with van der Waals surface area (Å²) in [7, 11) is 0. The maximum Gasteiger partial charge on any atom is 0.124 e. The molecule has 0 spiro atoms. The van der Waals surface area contributed by atoms with E-state index in [1.807, 2.05) is 25.1 Å². The molecule has 4 heteroatoms. The van der Waals surface area contributed by atoms with E-state index in [1.54, 1.807) is 6.07 Å². The number of hydrogen-bond donors (Lipinski definition) is 3. The largest absolute Gasteiger partial charge is 0.507 e. The molecule has 0 radical (unpaired) electrons. The van der Waals surface area contributed by atoms with Gasteiger partial charge in [0.15, 0.2) is 0 Å². The third-order valence-electron chi connectivity index (χ3n) is 4.20. The molecule has 1 saturated heterocycles. The zero-order valence-electron chi connectivity index (χ0n) is 12.9. The number of phenols is 1. The first-order valence-electron chi connectivity index (χ1n) is 7.72. The summed E-state index contributed by atoms with van der Waals surface area (Å²) >= 11 is 0. The van der Waals surface area contributed by atoms with E-state index < -0.39 is 0 Å². The monoisotopic (exact) mass is 298 g/mol. The van der Waals surface area contributed by atoms with Gasteiger partial charge < -0.3 is 9.84 Å². The predicted octanol–water partition coefficient (Wildman–Crippen LogP) is 3.11. The number of aromatic hydroxyl groups is 1. The number of phenolic OH excluding ortho intramolecular Hbond substituents is 1. The Bertz CT molecular complexity index is 630. The highest BCUT2D eigenvalue weighted by Crippen LogP contribution is 2.40. The second-order valence-electron chi connectivity index (χ2n) is 5.65. The van der Waals surface area contributed by atoms with E-state index in [-0.39, 0.29) is 23.8 Å². The standard InChI is InChI=1S/C18H22N2O2/c1-3-22-14-9-10-15(16(21)11-14)18-17(12(2)19-20-18)13-7-5-4-6-8-13/h4-12,17-21H,3H2,1-2H3. The number of nitrogens with one attached hydrogen (secondary N) is 2. The molecule has 3 rings (SSSR count). The van der Waals surface area contributed by atoms with Crippen LogP contribution in [0.2, 0.25) is 0 Å². The summed E-state index contributed by atoms with van der Waals surface area (Å²) < 4.78 is 5.44. The van der Waals surface area contributed by atoms with Crippen LogP contribution in [0.5, 0.6) is 11.5 Å². The number of hydrazine groups is 1. The van der Waals surface area contributed by atoms with Crippen molar-refractivity contribution in [2.75, 3.05) is 6.61 Å². The van der Waals surface area contributed by atoms with Crippen molar-refractivity contribution < 1.29 is 9.84 Å². The molecule has 1 aliphatic heterocycles. The topological polar surface area (TPSA) is 53.5 Å². The molecule has 4 nitrogen and oxygen atoms in total. The number of ether oxygens (including phenoxy) is 1. The normalized spacial score (nSPS) is 24.4. The minimum Gasteiger partial charge on any atom is -0.507 e. The summed E-state index contributed by atoms with van der Waals surface area (Å²) in [5.41, 5.74) is 8.74. The zero-order chi connectivity index (χ0) is 15.5. The van der Waals surface area contributed by atoms with Gasteiger partial charge in [-0.2, -0.15) is 0 Å². The number of rotatable bonds is 4. The van der Waals surface area contributed by atoms with Gasteiger partial charge in [0.25, 0.3) is 0 Å². The molecule has 1 fully saturated rings. The third-order valence-corrected chi connectivity index (χ3v) is 4.20. The van der Waals surface area contributed by atoms with Gasteiger partial charge in [0.2, 0.25) is 0 Å². The lowest BCUT2D eigenvalue weighted by molar-refractivity contribution is 0.336. The summed E-state index contributed by atoms with van der Waals surface area (Å²) in [6.07, 6.45) is 0. The van der Waals surface area contributed by atoms with Crippen LogP contribution >= 0.6 is 0 Å². The lowest BCUT2D eigenvalue weighted by Gasteiger charge is -2.22. The minimum absolute atomic E-state index is 0.0214. The van der Waals surface area contributed by atoms with Gasteiger partial charge >= 0.3 is 0 Å². The molecule has 1 heterocycles. The molecule has 2 aromatic carbocycles. The SMILES string of the molecule is CCOc1ccc(C2NNC(C)C2c2ccccc2)c(O)c1. The highest BCUT2D eigenvalue weighted by molar-refractivity contribution is 5.44. The second-order valence-corrected chi connectivity index (χ2v) is 5.65. The van der Waals surface area contributed by atoms with Crippen LogP contribution in [0.4, 0.5) is 0 Å². The first-order chi connectivity index (χ1) is 10.7. The van der Waals surface area contributed by atoms with E-state index in [4.69, 9.17) is 4.74 Å². The predicted molar refractivity (Wildman–Crippen MR) is 86.9 cm³/mol. The van der Waals surface area contributed by atoms with Gasteiger partial charge in [0.05, 0.1) is 12.6 Å². The van der Waals surface area contributed by atoms with Crippen molar-refractivity contribution in [3.63, 3.8) is 0 Å². The first kappa shape index (κ1) is 14.9. The van der Waals surface area contributed by atoms with Crippen molar-refractivity contribution in [1.82, 2.24) is 10.9 Å². The van der Waals surface area contributed by atoms with Gasteiger partial charge in [-0.05, 0) is 25.5 Å². The molecule has 0 amide bonds. The summed E-state index contributed by atoms with van der Waals surface area (Å²) in [4.78, 5) is 0. The van der Waals surface area contributed by atoms with Crippen LogP contribution in [0.1, 0.15) is 36.9 Å². The molecular weight excluding hydrogens is 276 g/mol. The summed E-state index contributed by atoms with van der Waals surface area (Å²) in [6, 6.07) is 16.2. The molecular formula is C18H22N2O2. The molecule has 2 aromatic rings. The summed E-state index contributed by atoms with van der Waals surface area (Å²) in [5, 5.41) is 10.4. The van der Waals surface area contributed by atoms with Crippen LogP contribution in [-0.2, 0) is 0 Å². The Labute approximate surface area is 131 Å². The van der Waals surface area contributed by atoms with Gasteiger partial charge in [-0.3, -0.25) is 5.43 Å². The fraction of sp³-hybridized carbons (Fsp3) is 0.333. The van der Waals surface area contributed by atoms with Crippen molar-refractivity contribution in [3.8, 4) is 11.5 Å². The highest BCUT2D eigenvalue weighted by Gasteiger charge is 2.36. The van der Waals surface area contributed by atoms with Gasteiger partial charge in [0, 0.05) is 23.6 Å². The van der Waals surface area contributed by atoms with Gasteiger partial charge in [0.1, 0.15) is 11.5 Å². The third kappa shape index (κ3) is 2.80. The molecule has 3 unspecified atom stereocenters. The van der Waals surface area contributed by atoms with Crippen LogP contribution in [0.3, 0.4) is 0 Å². The lowest BCUT2D eigenvalue weighted by atomic mass is 9.84. The molecule has 116 valence electrons. The minimum atomic E-state index is 0.0214. The average Bonchev–Trinajstić information content (AvgIpc) is 2.90. The molecule has 0 saturated carbocycles.